The zero-order chi connectivity index (χ0) is 40.7. The Morgan fingerprint density at radius 2 is 0.965 bits per heavy atom. The highest BCUT2D eigenvalue weighted by Gasteiger charge is 2.71. The van der Waals surface area contributed by atoms with Gasteiger partial charge in [0.1, 0.15) is 46.4 Å². The molecule has 8 rings (SSSR count). The average Bonchev–Trinajstić information content (AvgIpc) is 3.45. The fourth-order valence-corrected chi connectivity index (χ4v) is 16.9. The van der Waals surface area contributed by atoms with Gasteiger partial charge in [0.25, 0.3) is 0 Å². The van der Waals surface area contributed by atoms with Gasteiger partial charge in [-0.2, -0.15) is 6.32 Å². The van der Waals surface area contributed by atoms with E-state index in [0.29, 0.717) is 40.7 Å². The molecule has 1 saturated heterocycles. The van der Waals surface area contributed by atoms with Gasteiger partial charge >= 0.3 is 0 Å². The maximum Gasteiger partial charge on any atom is 0.200 e. The topological polar surface area (TPSA) is 0 Å². The SMILES string of the molecule is C=C[C@H]1CCC[C@@H]2C(=C)C[C@@]3(C[P+](c4ccccc4)(c4ccccc4)c4ccccc4)C[C@]21C[B-]3(c1c(F)c(F)c(F)c(F)c1F)c1c(F)c(F)c(F)c(F)c1F. The van der Waals surface area contributed by atoms with Crippen molar-refractivity contribution in [3.05, 3.63) is 174 Å². The van der Waals surface area contributed by atoms with Crippen LogP contribution in [0.25, 0.3) is 0 Å². The quantitative estimate of drug-likeness (QED) is 0.0366. The summed E-state index contributed by atoms with van der Waals surface area (Å²) in [4.78, 5) is 0. The summed E-state index contributed by atoms with van der Waals surface area (Å²) >= 11 is 0. The molecule has 0 aromatic heterocycles. The van der Waals surface area contributed by atoms with E-state index in [4.69, 9.17) is 0 Å². The van der Waals surface area contributed by atoms with Gasteiger partial charge in [0.05, 0.1) is 6.15 Å². The largest absolute Gasteiger partial charge is 0.207 e. The highest BCUT2D eigenvalue weighted by Crippen LogP contribution is 2.78. The summed E-state index contributed by atoms with van der Waals surface area (Å²) in [5, 5.41) is 0.162. The van der Waals surface area contributed by atoms with Gasteiger partial charge in [-0.1, -0.05) is 92.1 Å². The maximum absolute atomic E-state index is 17.0. The molecule has 2 saturated carbocycles. The van der Waals surface area contributed by atoms with Gasteiger partial charge in [-0.05, 0) is 66.5 Å². The summed E-state index contributed by atoms with van der Waals surface area (Å²) in [6.07, 6.45) is -2.32. The second-order valence-electron chi connectivity index (χ2n) is 16.1. The molecule has 4 atom stereocenters. The number of benzene rings is 5. The maximum atomic E-state index is 17.0. The minimum atomic E-state index is -4.21. The number of rotatable bonds is 8. The normalized spacial score (nSPS) is 24.0. The lowest BCUT2D eigenvalue weighted by Gasteiger charge is -2.58. The van der Waals surface area contributed by atoms with Crippen molar-refractivity contribution in [2.24, 2.45) is 17.3 Å². The molecule has 1 heterocycles. The molecule has 2 bridgehead atoms. The smallest absolute Gasteiger partial charge is 0.200 e. The van der Waals surface area contributed by atoms with Crippen molar-refractivity contribution < 1.29 is 43.9 Å². The Hall–Kier alpha value is -4.63. The minimum absolute atomic E-state index is 0.117. The van der Waals surface area contributed by atoms with Crippen molar-refractivity contribution >= 4 is 40.2 Å². The number of hydrogen-bond donors (Lipinski definition) is 0. The first-order chi connectivity index (χ1) is 27.2. The Morgan fingerprint density at radius 3 is 1.35 bits per heavy atom. The molecule has 2 aliphatic carbocycles. The number of fused-ring (bicyclic) bond motifs is 1. The fraction of sp³-hybridized carbons (Fsp3) is 0.244. The average molecular weight is 809 g/mol. The van der Waals surface area contributed by atoms with Crippen LogP contribution in [0, 0.1) is 75.4 Å². The molecular formula is C45H36BF10P. The van der Waals surface area contributed by atoms with Gasteiger partial charge in [-0.15, -0.1) is 22.8 Å². The van der Waals surface area contributed by atoms with Crippen molar-refractivity contribution in [1.29, 1.82) is 0 Å². The molecule has 1 aliphatic heterocycles. The first kappa shape index (κ1) is 39.2. The molecular weight excluding hydrogens is 772 g/mol. The van der Waals surface area contributed by atoms with E-state index in [1.807, 2.05) is 36.4 Å². The van der Waals surface area contributed by atoms with Crippen LogP contribution in [-0.2, 0) is 0 Å². The zero-order valence-electron chi connectivity index (χ0n) is 30.6. The molecule has 0 N–H and O–H groups in total. The van der Waals surface area contributed by atoms with Crippen molar-refractivity contribution in [1.82, 2.24) is 0 Å². The highest BCUT2D eigenvalue weighted by atomic mass is 31.2. The fourth-order valence-electron chi connectivity index (χ4n) is 12.0. The summed E-state index contributed by atoms with van der Waals surface area (Å²) in [7, 11) is -3.29. The second kappa shape index (κ2) is 14.0. The Labute approximate surface area is 324 Å². The van der Waals surface area contributed by atoms with E-state index in [1.54, 1.807) is 60.7 Å². The predicted octanol–water partition coefficient (Wildman–Crippen LogP) is 10.3. The van der Waals surface area contributed by atoms with Crippen LogP contribution in [0.4, 0.5) is 43.9 Å². The van der Waals surface area contributed by atoms with Crippen LogP contribution in [0.5, 0.6) is 0 Å². The summed E-state index contributed by atoms with van der Waals surface area (Å²) in [5.41, 5.74) is -3.87. The van der Waals surface area contributed by atoms with Crippen molar-refractivity contribution in [3.63, 3.8) is 0 Å². The molecule has 0 radical (unpaired) electrons. The van der Waals surface area contributed by atoms with E-state index < -0.39 is 111 Å². The number of halogens is 10. The molecule has 0 unspecified atom stereocenters. The third kappa shape index (κ3) is 5.32. The molecule has 3 aliphatic rings. The summed E-state index contributed by atoms with van der Waals surface area (Å²) < 4.78 is 161. The van der Waals surface area contributed by atoms with Gasteiger partial charge in [-0.3, -0.25) is 0 Å². The number of hydrogen-bond acceptors (Lipinski definition) is 0. The molecule has 5 aromatic carbocycles. The van der Waals surface area contributed by atoms with Crippen LogP contribution >= 0.6 is 7.26 Å². The molecule has 0 nitrogen and oxygen atoms in total. The Balaban J connectivity index is 1.63. The first-order valence-corrected chi connectivity index (χ1v) is 20.8. The standard InChI is InChI=1S/C45H36BF10P/c1-3-27-14-13-21-31-26(2)22-44(25-57(28-15-7-4-8-16-28,29-17-9-5-10-18-29)30-19-11-6-12-20-30)23-45(27,31)24-46(44,32-34(47)38(51)42(55)39(52)35(32)48)33-36(49)40(53)43(56)41(54)37(33)50/h3-12,15-20,27,31H,1-2,13-14,21-25H2/t27-,31+,44-,45+/m0/s1. The minimum Gasteiger partial charge on any atom is -0.207 e. The van der Waals surface area contributed by atoms with E-state index in [1.165, 1.54) is 0 Å². The van der Waals surface area contributed by atoms with Crippen LogP contribution < -0.4 is 26.8 Å². The summed E-state index contributed by atoms with van der Waals surface area (Å²) in [6, 6.07) is 27.1. The van der Waals surface area contributed by atoms with Crippen LogP contribution in [0.2, 0.25) is 11.6 Å². The van der Waals surface area contributed by atoms with E-state index >= 15 is 35.1 Å². The molecule has 0 amide bonds. The van der Waals surface area contributed by atoms with Crippen LogP contribution in [-0.4, -0.2) is 12.3 Å². The molecule has 294 valence electrons. The lowest BCUT2D eigenvalue weighted by Crippen LogP contribution is -2.69. The van der Waals surface area contributed by atoms with Crippen LogP contribution in [0.1, 0.15) is 32.1 Å². The van der Waals surface area contributed by atoms with Crippen LogP contribution in [0.3, 0.4) is 0 Å². The third-order valence-corrected chi connectivity index (χ3v) is 18.5. The predicted molar refractivity (Wildman–Crippen MR) is 207 cm³/mol. The molecule has 3 fully saturated rings. The van der Waals surface area contributed by atoms with Crippen molar-refractivity contribution in [3.8, 4) is 0 Å². The van der Waals surface area contributed by atoms with E-state index in [9.17, 15) is 8.78 Å². The van der Waals surface area contributed by atoms with Gasteiger partial charge in [0, 0.05) is 6.16 Å². The van der Waals surface area contributed by atoms with Gasteiger partial charge in [0.2, 0.25) is 0 Å². The number of allylic oxidation sites excluding steroid dienone is 2. The molecule has 1 spiro atoms. The van der Waals surface area contributed by atoms with Crippen molar-refractivity contribution in [2.45, 2.75) is 43.7 Å². The lowest BCUT2D eigenvalue weighted by molar-refractivity contribution is 0.0604. The highest BCUT2D eigenvalue weighted by molar-refractivity contribution is 7.95. The second-order valence-corrected chi connectivity index (χ2v) is 19.6. The molecule has 57 heavy (non-hydrogen) atoms. The summed E-state index contributed by atoms with van der Waals surface area (Å²) in [5.74, 6) is -25.2. The lowest BCUT2D eigenvalue weighted by atomic mass is 9.08. The Bertz CT molecular complexity index is 2200. The first-order valence-electron chi connectivity index (χ1n) is 18.8. The monoisotopic (exact) mass is 808 g/mol. The van der Waals surface area contributed by atoms with Gasteiger partial charge in [0.15, 0.2) is 34.9 Å². The van der Waals surface area contributed by atoms with Crippen LogP contribution in [0.15, 0.2) is 116 Å². The van der Waals surface area contributed by atoms with Gasteiger partial charge in [-0.25, -0.2) is 43.9 Å². The van der Waals surface area contributed by atoms with Gasteiger partial charge < -0.3 is 0 Å². The third-order valence-electron chi connectivity index (χ3n) is 13.8. The van der Waals surface area contributed by atoms with E-state index in [-0.39, 0.29) is 19.0 Å². The molecule has 5 aromatic rings. The van der Waals surface area contributed by atoms with Crippen molar-refractivity contribution in [2.75, 3.05) is 6.16 Å². The van der Waals surface area contributed by atoms with E-state index in [2.05, 4.69) is 13.2 Å². The summed E-state index contributed by atoms with van der Waals surface area (Å²) in [6.45, 7) is 8.48. The zero-order valence-corrected chi connectivity index (χ0v) is 31.5. The Morgan fingerprint density at radius 1 is 0.579 bits per heavy atom. The van der Waals surface area contributed by atoms with E-state index in [0.717, 1.165) is 0 Å². The Kier molecular flexibility index (Phi) is 9.66. The molecule has 12 heteroatoms.